The molecule has 3 rings (SSSR count). The number of rotatable bonds is 6. The van der Waals surface area contributed by atoms with Gasteiger partial charge >= 0.3 is 5.24 Å². The van der Waals surface area contributed by atoms with Gasteiger partial charge in [-0.1, -0.05) is 23.8 Å². The monoisotopic (exact) mass is 412 g/mol. The number of hydrogen-bond donors (Lipinski definition) is 1. The van der Waals surface area contributed by atoms with Crippen LogP contribution in [0.15, 0.2) is 47.4 Å². The van der Waals surface area contributed by atoms with Gasteiger partial charge in [0.15, 0.2) is 11.5 Å². The van der Waals surface area contributed by atoms with E-state index >= 15 is 0 Å². The summed E-state index contributed by atoms with van der Waals surface area (Å²) in [5, 5.41) is 0.157. The summed E-state index contributed by atoms with van der Waals surface area (Å²) in [6.45, 7) is 4.27. The summed E-state index contributed by atoms with van der Waals surface area (Å²) >= 11 is 0.756. The van der Waals surface area contributed by atoms with Crippen LogP contribution in [0.5, 0.6) is 11.5 Å². The Hall–Kier alpha value is -3.26. The van der Waals surface area contributed by atoms with E-state index in [1.165, 1.54) is 7.11 Å². The molecule has 1 N–H and O–H groups in total. The van der Waals surface area contributed by atoms with Crippen LogP contribution >= 0.6 is 11.8 Å². The quantitative estimate of drug-likeness (QED) is 0.727. The lowest BCUT2D eigenvalue weighted by atomic mass is 10.1. The van der Waals surface area contributed by atoms with E-state index < -0.39 is 17.1 Å². The molecule has 0 bridgehead atoms. The third-order valence-electron chi connectivity index (χ3n) is 4.11. The maximum Gasteiger partial charge on any atom is 0.312 e. The van der Waals surface area contributed by atoms with Gasteiger partial charge in [-0.15, -0.1) is 0 Å². The molecule has 2 aromatic carbocycles. The first kappa shape index (κ1) is 20.5. The largest absolute Gasteiger partial charge is 0.493 e. The van der Waals surface area contributed by atoms with Gasteiger partial charge in [0.1, 0.15) is 0 Å². The van der Waals surface area contributed by atoms with Gasteiger partial charge in [0.2, 0.25) is 0 Å². The van der Waals surface area contributed by atoms with E-state index in [2.05, 4.69) is 5.43 Å². The van der Waals surface area contributed by atoms with Gasteiger partial charge < -0.3 is 9.47 Å². The molecular formula is C21H20N2O5S. The van der Waals surface area contributed by atoms with Crippen molar-refractivity contribution in [2.75, 3.05) is 13.7 Å². The Bertz CT molecular complexity index is 985. The highest BCUT2D eigenvalue weighted by Crippen LogP contribution is 2.34. The van der Waals surface area contributed by atoms with Gasteiger partial charge in [0.25, 0.3) is 11.8 Å². The number of aryl methyl sites for hydroxylation is 1. The van der Waals surface area contributed by atoms with Crippen LogP contribution in [0.1, 0.15) is 28.4 Å². The Morgan fingerprint density at radius 2 is 1.86 bits per heavy atom. The molecule has 0 unspecified atom stereocenters. The molecule has 0 radical (unpaired) electrons. The average Bonchev–Trinajstić information content (AvgIpc) is 2.97. The minimum atomic E-state index is -0.590. The third kappa shape index (κ3) is 4.60. The molecule has 0 saturated carbocycles. The van der Waals surface area contributed by atoms with Gasteiger partial charge in [-0.3, -0.25) is 19.8 Å². The zero-order chi connectivity index (χ0) is 21.0. The zero-order valence-electron chi connectivity index (χ0n) is 16.2. The molecule has 0 atom stereocenters. The minimum Gasteiger partial charge on any atom is -0.493 e. The summed E-state index contributed by atoms with van der Waals surface area (Å²) in [5.41, 5.74) is 4.39. The number of methoxy groups -OCH3 is 1. The fraction of sp³-hybridized carbons (Fsp3) is 0.190. The lowest BCUT2D eigenvalue weighted by molar-refractivity contribution is -0.124. The number of benzene rings is 2. The van der Waals surface area contributed by atoms with Crippen molar-refractivity contribution >= 4 is 34.9 Å². The smallest absolute Gasteiger partial charge is 0.312 e. The number of carbonyl (C=O) groups is 3. The van der Waals surface area contributed by atoms with Gasteiger partial charge in [0, 0.05) is 5.56 Å². The van der Waals surface area contributed by atoms with Crippen LogP contribution in [-0.2, 0) is 4.79 Å². The summed E-state index contributed by atoms with van der Waals surface area (Å²) in [4.78, 5) is 37.4. The number of nitrogens with zero attached hydrogens (tertiary/aromatic N) is 1. The molecule has 7 nitrogen and oxygen atoms in total. The van der Waals surface area contributed by atoms with Crippen LogP contribution in [0, 0.1) is 6.92 Å². The Kier molecular flexibility index (Phi) is 6.23. The van der Waals surface area contributed by atoms with Crippen molar-refractivity contribution in [1.82, 2.24) is 10.4 Å². The summed E-state index contributed by atoms with van der Waals surface area (Å²) in [6.07, 6.45) is 1.57. The first-order valence-electron chi connectivity index (χ1n) is 8.89. The van der Waals surface area contributed by atoms with E-state index in [9.17, 15) is 14.4 Å². The molecule has 0 spiro atoms. The van der Waals surface area contributed by atoms with Crippen molar-refractivity contribution in [1.29, 1.82) is 0 Å². The first-order valence-corrected chi connectivity index (χ1v) is 9.71. The topological polar surface area (TPSA) is 84.9 Å². The van der Waals surface area contributed by atoms with Gasteiger partial charge in [0.05, 0.1) is 18.6 Å². The number of thioether (sulfide) groups is 1. The fourth-order valence-electron chi connectivity index (χ4n) is 2.64. The van der Waals surface area contributed by atoms with Crippen molar-refractivity contribution in [3.63, 3.8) is 0 Å². The second kappa shape index (κ2) is 8.83. The Labute approximate surface area is 172 Å². The number of amides is 3. The highest BCUT2D eigenvalue weighted by molar-refractivity contribution is 8.18. The van der Waals surface area contributed by atoms with Crippen LogP contribution in [0.4, 0.5) is 4.79 Å². The molecule has 29 heavy (non-hydrogen) atoms. The molecule has 0 aromatic heterocycles. The highest BCUT2D eigenvalue weighted by atomic mass is 32.2. The lowest BCUT2D eigenvalue weighted by Crippen LogP contribution is -2.44. The Morgan fingerprint density at radius 3 is 2.52 bits per heavy atom. The molecule has 2 aromatic rings. The number of carbonyl (C=O) groups excluding carboxylic acids is 3. The summed E-state index contributed by atoms with van der Waals surface area (Å²) in [7, 11) is 1.52. The normalized spacial score (nSPS) is 15.0. The Morgan fingerprint density at radius 1 is 1.14 bits per heavy atom. The van der Waals surface area contributed by atoms with Crippen molar-refractivity contribution in [3.8, 4) is 11.5 Å². The van der Waals surface area contributed by atoms with E-state index in [0.717, 1.165) is 22.3 Å². The molecule has 150 valence electrons. The molecular weight excluding hydrogens is 392 g/mol. The zero-order valence-corrected chi connectivity index (χ0v) is 17.0. The third-order valence-corrected chi connectivity index (χ3v) is 4.98. The van der Waals surface area contributed by atoms with E-state index in [1.54, 1.807) is 48.5 Å². The number of nitrogens with one attached hydrogen (secondary N) is 1. The number of hydrazine groups is 1. The van der Waals surface area contributed by atoms with Crippen molar-refractivity contribution in [3.05, 3.63) is 64.1 Å². The van der Waals surface area contributed by atoms with Gasteiger partial charge in [-0.25, -0.2) is 0 Å². The molecule has 1 heterocycles. The van der Waals surface area contributed by atoms with E-state index in [0.29, 0.717) is 29.2 Å². The standard InChI is InChI=1S/C21H20N2O5S/c1-4-28-16-10-7-14(11-17(16)27-3)12-18-20(25)23(21(26)29-18)22-19(24)15-8-5-13(2)6-9-15/h5-12H,4H2,1-3H3,(H,22,24). The summed E-state index contributed by atoms with van der Waals surface area (Å²) < 4.78 is 10.8. The predicted molar refractivity (Wildman–Crippen MR) is 111 cm³/mol. The molecule has 1 saturated heterocycles. The molecule has 8 heteroatoms. The van der Waals surface area contributed by atoms with Crippen LogP contribution in [0.25, 0.3) is 6.08 Å². The maximum atomic E-state index is 12.6. The molecule has 0 aliphatic carbocycles. The van der Waals surface area contributed by atoms with E-state index in [4.69, 9.17) is 9.47 Å². The second-order valence-electron chi connectivity index (χ2n) is 6.17. The molecule has 1 fully saturated rings. The Balaban J connectivity index is 1.77. The highest BCUT2D eigenvalue weighted by Gasteiger charge is 2.36. The van der Waals surface area contributed by atoms with Crippen molar-refractivity contribution in [2.45, 2.75) is 13.8 Å². The lowest BCUT2D eigenvalue weighted by Gasteiger charge is -2.13. The SMILES string of the molecule is CCOc1ccc(C=C2SC(=O)N(NC(=O)c3ccc(C)cc3)C2=O)cc1OC. The fourth-order valence-corrected chi connectivity index (χ4v) is 3.42. The minimum absolute atomic E-state index is 0.199. The average molecular weight is 412 g/mol. The molecule has 3 amide bonds. The van der Waals surface area contributed by atoms with Crippen molar-refractivity contribution in [2.24, 2.45) is 0 Å². The van der Waals surface area contributed by atoms with Gasteiger partial charge in [-0.2, -0.15) is 5.01 Å². The van der Waals surface area contributed by atoms with Crippen LogP contribution in [0.2, 0.25) is 0 Å². The van der Waals surface area contributed by atoms with Crippen LogP contribution in [0.3, 0.4) is 0 Å². The van der Waals surface area contributed by atoms with Gasteiger partial charge in [-0.05, 0) is 61.5 Å². The van der Waals surface area contributed by atoms with Crippen LogP contribution < -0.4 is 14.9 Å². The van der Waals surface area contributed by atoms with E-state index in [-0.39, 0.29) is 4.91 Å². The van der Waals surface area contributed by atoms with Crippen molar-refractivity contribution < 1.29 is 23.9 Å². The number of hydrogen-bond acceptors (Lipinski definition) is 6. The first-order chi connectivity index (χ1) is 13.9. The number of imide groups is 1. The predicted octanol–water partition coefficient (Wildman–Crippen LogP) is 3.78. The summed E-state index contributed by atoms with van der Waals surface area (Å²) in [5.74, 6) is -0.0114. The second-order valence-corrected chi connectivity index (χ2v) is 7.16. The van der Waals surface area contributed by atoms with E-state index in [1.807, 2.05) is 13.8 Å². The maximum absolute atomic E-state index is 12.6. The number of ether oxygens (including phenoxy) is 2. The molecule has 1 aliphatic rings. The van der Waals surface area contributed by atoms with Crippen LogP contribution in [-0.4, -0.2) is 35.8 Å². The molecule has 1 aliphatic heterocycles. The summed E-state index contributed by atoms with van der Waals surface area (Å²) in [6, 6.07) is 12.0.